The quantitative estimate of drug-likeness (QED) is 0.127. The molecule has 0 radical (unpaired) electrons. The second kappa shape index (κ2) is 16.2. The average Bonchev–Trinajstić information content (AvgIpc) is 2.97. The number of esters is 1. The number of nitriles is 1. The van der Waals surface area contributed by atoms with E-state index in [1.54, 1.807) is 0 Å². The summed E-state index contributed by atoms with van der Waals surface area (Å²) in [6.07, 6.45) is 18.5. The predicted octanol–water partition coefficient (Wildman–Crippen LogP) is 9.71. The van der Waals surface area contributed by atoms with Crippen LogP contribution in [-0.2, 0) is 16.0 Å². The topological polar surface area (TPSA) is 50.1 Å². The first-order valence-corrected chi connectivity index (χ1v) is 15.0. The predicted molar refractivity (Wildman–Crippen MR) is 158 cm³/mol. The maximum Gasteiger partial charge on any atom is 0.330 e. The lowest BCUT2D eigenvalue weighted by Crippen LogP contribution is -2.26. The Balaban J connectivity index is 1.35. The molecule has 0 heterocycles. The van der Waals surface area contributed by atoms with Crippen LogP contribution >= 0.6 is 0 Å². The lowest BCUT2D eigenvalue weighted by molar-refractivity contribution is -0.137. The van der Waals surface area contributed by atoms with Gasteiger partial charge in [0.2, 0.25) is 0 Å². The van der Waals surface area contributed by atoms with E-state index in [2.05, 4.69) is 68.1 Å². The van der Waals surface area contributed by atoms with E-state index >= 15 is 0 Å². The minimum atomic E-state index is -0.324. The molecular weight excluding hydrogens is 466 g/mol. The van der Waals surface area contributed by atoms with Gasteiger partial charge in [-0.25, -0.2) is 4.79 Å². The summed E-state index contributed by atoms with van der Waals surface area (Å²) in [5, 5.41) is 10.2. The third-order valence-electron chi connectivity index (χ3n) is 8.37. The first kappa shape index (κ1) is 29.7. The van der Waals surface area contributed by atoms with E-state index in [0.717, 1.165) is 44.9 Å². The highest BCUT2D eigenvalue weighted by atomic mass is 16.5. The summed E-state index contributed by atoms with van der Waals surface area (Å²) in [5.74, 6) is 0.176. The van der Waals surface area contributed by atoms with Crippen molar-refractivity contribution in [3.63, 3.8) is 0 Å². The zero-order chi connectivity index (χ0) is 27.1. The van der Waals surface area contributed by atoms with Crippen molar-refractivity contribution in [3.8, 4) is 17.2 Å². The number of hydrogen-bond donors (Lipinski definition) is 0. The molecule has 0 spiro atoms. The Kier molecular flexibility index (Phi) is 12.6. The second-order valence-corrected chi connectivity index (χ2v) is 11.2. The fourth-order valence-corrected chi connectivity index (χ4v) is 5.95. The van der Waals surface area contributed by atoms with Gasteiger partial charge in [0.1, 0.15) is 0 Å². The van der Waals surface area contributed by atoms with Gasteiger partial charge >= 0.3 is 5.97 Å². The molecule has 2 unspecified atom stereocenters. The van der Waals surface area contributed by atoms with Crippen LogP contribution in [0.1, 0.15) is 114 Å². The van der Waals surface area contributed by atoms with E-state index in [1.807, 2.05) is 0 Å². The van der Waals surface area contributed by atoms with Crippen LogP contribution in [0.15, 0.2) is 61.2 Å². The number of aryl methyl sites for hydroxylation is 1. The minimum absolute atomic E-state index is 0.146. The van der Waals surface area contributed by atoms with E-state index in [1.165, 1.54) is 79.7 Å². The number of ether oxygens (including phenoxy) is 1. The molecule has 3 heteroatoms. The number of carbonyl (C=O) groups is 1. The van der Waals surface area contributed by atoms with Crippen LogP contribution < -0.4 is 0 Å². The molecule has 38 heavy (non-hydrogen) atoms. The number of unbranched alkanes of at least 4 members (excludes halogenated alkanes) is 8. The normalized spacial score (nSPS) is 19.0. The average molecular weight is 514 g/mol. The van der Waals surface area contributed by atoms with Crippen molar-refractivity contribution in [2.75, 3.05) is 6.61 Å². The molecule has 1 saturated carbocycles. The summed E-state index contributed by atoms with van der Waals surface area (Å²) in [6.45, 7) is 6.10. The van der Waals surface area contributed by atoms with Crippen LogP contribution in [0.5, 0.6) is 0 Å². The fourth-order valence-electron chi connectivity index (χ4n) is 5.95. The van der Waals surface area contributed by atoms with Crippen LogP contribution in [0.25, 0.3) is 11.1 Å². The van der Waals surface area contributed by atoms with Crippen molar-refractivity contribution in [1.82, 2.24) is 0 Å². The Labute approximate surface area is 231 Å². The molecule has 0 N–H and O–H groups in total. The SMILES string of the molecule is C=CC(=O)OCCCCCCCCCCCC1(C#N)CCCC(c2ccc(-c3ccc(CC)cc3)cc2)C1. The molecule has 0 bridgehead atoms. The molecule has 1 fully saturated rings. The second-order valence-electron chi connectivity index (χ2n) is 11.2. The highest BCUT2D eigenvalue weighted by molar-refractivity contribution is 5.81. The third-order valence-corrected chi connectivity index (χ3v) is 8.37. The first-order valence-electron chi connectivity index (χ1n) is 15.0. The zero-order valence-corrected chi connectivity index (χ0v) is 23.6. The van der Waals surface area contributed by atoms with Gasteiger partial charge in [-0.3, -0.25) is 0 Å². The molecule has 1 aliphatic rings. The van der Waals surface area contributed by atoms with Gasteiger partial charge < -0.3 is 4.74 Å². The molecule has 2 aromatic carbocycles. The highest BCUT2D eigenvalue weighted by Gasteiger charge is 2.36. The molecule has 204 valence electrons. The van der Waals surface area contributed by atoms with E-state index in [4.69, 9.17) is 4.74 Å². The van der Waals surface area contributed by atoms with Gasteiger partial charge in [-0.05, 0) is 66.7 Å². The molecule has 0 amide bonds. The van der Waals surface area contributed by atoms with Gasteiger partial charge in [0.25, 0.3) is 0 Å². The van der Waals surface area contributed by atoms with Crippen molar-refractivity contribution in [2.24, 2.45) is 5.41 Å². The lowest BCUT2D eigenvalue weighted by Gasteiger charge is -2.36. The van der Waals surface area contributed by atoms with Crippen LogP contribution in [0.2, 0.25) is 0 Å². The van der Waals surface area contributed by atoms with Crippen LogP contribution in [0, 0.1) is 16.7 Å². The van der Waals surface area contributed by atoms with E-state index in [-0.39, 0.29) is 11.4 Å². The molecular formula is C35H47NO2. The molecule has 2 atom stereocenters. The number of benzene rings is 2. The maximum absolute atomic E-state index is 11.0. The van der Waals surface area contributed by atoms with Crippen molar-refractivity contribution in [1.29, 1.82) is 5.26 Å². The van der Waals surface area contributed by atoms with E-state index < -0.39 is 0 Å². The van der Waals surface area contributed by atoms with Crippen LogP contribution in [0.4, 0.5) is 0 Å². The molecule has 2 aromatic rings. The molecule has 0 aliphatic heterocycles. The van der Waals surface area contributed by atoms with Gasteiger partial charge in [-0.15, -0.1) is 0 Å². The van der Waals surface area contributed by atoms with Crippen molar-refractivity contribution in [2.45, 2.75) is 109 Å². The summed E-state index contributed by atoms with van der Waals surface area (Å²) in [5.41, 5.74) is 5.17. The smallest absolute Gasteiger partial charge is 0.330 e. The van der Waals surface area contributed by atoms with E-state index in [0.29, 0.717) is 12.5 Å². The number of rotatable bonds is 16. The molecule has 1 aliphatic carbocycles. The Morgan fingerprint density at radius 2 is 1.53 bits per heavy atom. The van der Waals surface area contributed by atoms with Crippen LogP contribution in [0.3, 0.4) is 0 Å². The summed E-state index contributed by atoms with van der Waals surface area (Å²) >= 11 is 0. The minimum Gasteiger partial charge on any atom is -0.463 e. The largest absolute Gasteiger partial charge is 0.463 e. The maximum atomic E-state index is 11.0. The summed E-state index contributed by atoms with van der Waals surface area (Å²) in [6, 6.07) is 20.8. The monoisotopic (exact) mass is 513 g/mol. The van der Waals surface area contributed by atoms with Gasteiger partial charge in [0.15, 0.2) is 0 Å². The van der Waals surface area contributed by atoms with Crippen LogP contribution in [-0.4, -0.2) is 12.6 Å². The molecule has 0 saturated heterocycles. The van der Waals surface area contributed by atoms with Crippen molar-refractivity contribution < 1.29 is 9.53 Å². The van der Waals surface area contributed by atoms with Crippen molar-refractivity contribution in [3.05, 3.63) is 72.3 Å². The number of carbonyl (C=O) groups excluding carboxylic acids is 1. The number of nitrogens with zero attached hydrogens (tertiary/aromatic N) is 1. The first-order chi connectivity index (χ1) is 18.6. The van der Waals surface area contributed by atoms with Gasteiger partial charge in [-0.2, -0.15) is 5.26 Å². The van der Waals surface area contributed by atoms with Gasteiger partial charge in [0.05, 0.1) is 18.1 Å². The molecule has 3 rings (SSSR count). The highest BCUT2D eigenvalue weighted by Crippen LogP contribution is 2.46. The van der Waals surface area contributed by atoms with E-state index in [9.17, 15) is 10.1 Å². The Bertz CT molecular complexity index is 1020. The Hall–Kier alpha value is -2.86. The lowest BCUT2D eigenvalue weighted by atomic mass is 9.66. The van der Waals surface area contributed by atoms with Gasteiger partial charge in [-0.1, -0.05) is 120 Å². The molecule has 0 aromatic heterocycles. The number of hydrogen-bond acceptors (Lipinski definition) is 3. The van der Waals surface area contributed by atoms with Gasteiger partial charge in [0, 0.05) is 6.08 Å². The van der Waals surface area contributed by atoms with Crippen molar-refractivity contribution >= 4 is 5.97 Å². The molecule has 3 nitrogen and oxygen atoms in total. The summed E-state index contributed by atoms with van der Waals surface area (Å²) in [7, 11) is 0. The fraction of sp³-hybridized carbons (Fsp3) is 0.543. The standard InChI is InChI=1S/C35H47NO2/c1-3-29-16-18-30(19-17-29)31-20-22-32(23-21-31)33-15-14-25-35(27-33,28-36)24-12-10-8-6-5-7-9-11-13-26-38-34(37)4-2/h4,16-23,33H,2-3,5-15,24-27H2,1H3. The summed E-state index contributed by atoms with van der Waals surface area (Å²) < 4.78 is 5.01. The third kappa shape index (κ3) is 9.46. The zero-order valence-electron chi connectivity index (χ0n) is 23.6. The summed E-state index contributed by atoms with van der Waals surface area (Å²) in [4.78, 5) is 11.0. The Morgan fingerprint density at radius 3 is 2.11 bits per heavy atom. The Morgan fingerprint density at radius 1 is 0.947 bits per heavy atom.